The van der Waals surface area contributed by atoms with Crippen molar-refractivity contribution in [2.75, 3.05) is 13.1 Å². The van der Waals surface area contributed by atoms with Crippen LogP contribution < -0.4 is 10.6 Å². The second kappa shape index (κ2) is 6.38. The number of rotatable bonds is 3. The molecule has 1 fully saturated rings. The van der Waals surface area contributed by atoms with E-state index in [0.29, 0.717) is 6.04 Å². The molecule has 1 amide bonds. The molecule has 1 atom stereocenters. The van der Waals surface area contributed by atoms with Crippen molar-refractivity contribution in [2.45, 2.75) is 25.8 Å². The lowest BCUT2D eigenvalue weighted by molar-refractivity contribution is -0.117. The first-order valence-corrected chi connectivity index (χ1v) is 5.13. The summed E-state index contributed by atoms with van der Waals surface area (Å²) in [6, 6.07) is 0.298. The van der Waals surface area contributed by atoms with Crippen molar-refractivity contribution in [3.05, 3.63) is 24.3 Å². The molecule has 0 spiro atoms. The third kappa shape index (κ3) is 4.23. The number of carbonyl (C=O) groups excluding carboxylic acids is 1. The van der Waals surface area contributed by atoms with Gasteiger partial charge in [-0.15, -0.1) is 0 Å². The second-order valence-corrected chi connectivity index (χ2v) is 3.44. The maximum Gasteiger partial charge on any atom is 0.244 e. The smallest absolute Gasteiger partial charge is 0.244 e. The van der Waals surface area contributed by atoms with Gasteiger partial charge in [0.2, 0.25) is 5.91 Å². The average Bonchev–Trinajstić information content (AvgIpc) is 2.20. The first-order valence-electron chi connectivity index (χ1n) is 5.13. The van der Waals surface area contributed by atoms with E-state index in [4.69, 9.17) is 0 Å². The fourth-order valence-corrected chi connectivity index (χ4v) is 1.48. The number of nitrogens with one attached hydrogen (secondary N) is 2. The topological polar surface area (TPSA) is 41.1 Å². The number of piperidine rings is 1. The summed E-state index contributed by atoms with van der Waals surface area (Å²) < 4.78 is 0. The fraction of sp³-hybridized carbons (Fsp3) is 0.545. The molecule has 0 aliphatic carbocycles. The highest BCUT2D eigenvalue weighted by Gasteiger charge is 2.13. The summed E-state index contributed by atoms with van der Waals surface area (Å²) >= 11 is 0. The lowest BCUT2D eigenvalue weighted by Gasteiger charge is -2.23. The minimum absolute atomic E-state index is 0.00296. The lowest BCUT2D eigenvalue weighted by atomic mass is 10.1. The van der Waals surface area contributed by atoms with Gasteiger partial charge in [-0.25, -0.2) is 0 Å². The molecule has 14 heavy (non-hydrogen) atoms. The van der Waals surface area contributed by atoms with Crippen LogP contribution in [0, 0.1) is 0 Å². The molecule has 3 nitrogen and oxygen atoms in total. The van der Waals surface area contributed by atoms with E-state index in [2.05, 4.69) is 10.6 Å². The molecule has 78 valence electrons. The van der Waals surface area contributed by atoms with Crippen LogP contribution in [0.1, 0.15) is 19.8 Å². The van der Waals surface area contributed by atoms with Gasteiger partial charge in [-0.05, 0) is 26.3 Å². The summed E-state index contributed by atoms with van der Waals surface area (Å²) in [4.78, 5) is 11.3. The number of amides is 1. The van der Waals surface area contributed by atoms with Gasteiger partial charge in [-0.1, -0.05) is 18.2 Å². The van der Waals surface area contributed by atoms with Crippen LogP contribution in [0.15, 0.2) is 24.3 Å². The van der Waals surface area contributed by atoms with Crippen LogP contribution in [0.3, 0.4) is 0 Å². The molecule has 0 radical (unpaired) electrons. The first-order chi connectivity index (χ1) is 6.83. The minimum Gasteiger partial charge on any atom is -0.349 e. The molecular weight excluding hydrogens is 176 g/mol. The maximum absolute atomic E-state index is 11.3. The molecule has 1 heterocycles. The van der Waals surface area contributed by atoms with Crippen LogP contribution in [-0.4, -0.2) is 25.0 Å². The van der Waals surface area contributed by atoms with E-state index in [0.717, 1.165) is 25.9 Å². The third-order valence-corrected chi connectivity index (χ3v) is 2.19. The van der Waals surface area contributed by atoms with Crippen molar-refractivity contribution in [2.24, 2.45) is 0 Å². The quantitative estimate of drug-likeness (QED) is 0.519. The van der Waals surface area contributed by atoms with Gasteiger partial charge in [-0.3, -0.25) is 4.79 Å². The van der Waals surface area contributed by atoms with E-state index in [1.54, 1.807) is 12.2 Å². The van der Waals surface area contributed by atoms with Gasteiger partial charge in [0, 0.05) is 18.7 Å². The number of hydrogen-bond acceptors (Lipinski definition) is 2. The highest BCUT2D eigenvalue weighted by atomic mass is 16.1. The zero-order valence-corrected chi connectivity index (χ0v) is 8.62. The molecule has 1 aliphatic heterocycles. The van der Waals surface area contributed by atoms with Gasteiger partial charge < -0.3 is 10.6 Å². The SMILES string of the molecule is CC=CC=CC(=O)N[C@@H]1CCCNC1. The Morgan fingerprint density at radius 1 is 1.50 bits per heavy atom. The molecule has 0 aromatic carbocycles. The molecule has 0 unspecified atom stereocenters. The van der Waals surface area contributed by atoms with Gasteiger partial charge in [0.15, 0.2) is 0 Å². The van der Waals surface area contributed by atoms with Crippen LogP contribution in [-0.2, 0) is 4.79 Å². The van der Waals surface area contributed by atoms with Gasteiger partial charge >= 0.3 is 0 Å². The van der Waals surface area contributed by atoms with Gasteiger partial charge in [-0.2, -0.15) is 0 Å². The number of hydrogen-bond donors (Lipinski definition) is 2. The second-order valence-electron chi connectivity index (χ2n) is 3.44. The Morgan fingerprint density at radius 3 is 3.00 bits per heavy atom. The molecule has 0 saturated carbocycles. The van der Waals surface area contributed by atoms with Crippen molar-refractivity contribution >= 4 is 5.91 Å². The van der Waals surface area contributed by atoms with E-state index in [9.17, 15) is 4.79 Å². The Morgan fingerprint density at radius 2 is 2.36 bits per heavy atom. The zero-order chi connectivity index (χ0) is 10.2. The minimum atomic E-state index is -0.00296. The van der Waals surface area contributed by atoms with E-state index >= 15 is 0 Å². The highest BCUT2D eigenvalue weighted by Crippen LogP contribution is 2.00. The van der Waals surface area contributed by atoms with Gasteiger partial charge in [0.05, 0.1) is 0 Å². The molecule has 2 N–H and O–H groups in total. The summed E-state index contributed by atoms with van der Waals surface area (Å²) in [6.07, 6.45) is 9.28. The van der Waals surface area contributed by atoms with Crippen molar-refractivity contribution < 1.29 is 4.79 Å². The molecule has 1 saturated heterocycles. The summed E-state index contributed by atoms with van der Waals surface area (Å²) in [5.41, 5.74) is 0. The zero-order valence-electron chi connectivity index (χ0n) is 8.62. The van der Waals surface area contributed by atoms with Crippen molar-refractivity contribution in [1.82, 2.24) is 10.6 Å². The van der Waals surface area contributed by atoms with E-state index < -0.39 is 0 Å². The van der Waals surface area contributed by atoms with E-state index in [1.165, 1.54) is 0 Å². The van der Waals surface area contributed by atoms with Crippen LogP contribution >= 0.6 is 0 Å². The van der Waals surface area contributed by atoms with Gasteiger partial charge in [0.1, 0.15) is 0 Å². The fourth-order valence-electron chi connectivity index (χ4n) is 1.48. The van der Waals surface area contributed by atoms with Crippen LogP contribution in [0.25, 0.3) is 0 Å². The molecule has 1 aliphatic rings. The number of carbonyl (C=O) groups is 1. The maximum atomic E-state index is 11.3. The summed E-state index contributed by atoms with van der Waals surface area (Å²) in [7, 11) is 0. The molecule has 1 rings (SSSR count). The Kier molecular flexibility index (Phi) is 5.00. The summed E-state index contributed by atoms with van der Waals surface area (Å²) in [5, 5.41) is 6.21. The summed E-state index contributed by atoms with van der Waals surface area (Å²) in [5.74, 6) is -0.00296. The largest absolute Gasteiger partial charge is 0.349 e. The van der Waals surface area contributed by atoms with Crippen LogP contribution in [0.2, 0.25) is 0 Å². The van der Waals surface area contributed by atoms with Crippen molar-refractivity contribution in [1.29, 1.82) is 0 Å². The summed E-state index contributed by atoms with van der Waals surface area (Å²) in [6.45, 7) is 3.89. The van der Waals surface area contributed by atoms with Crippen molar-refractivity contribution in [3.8, 4) is 0 Å². The monoisotopic (exact) mass is 194 g/mol. The predicted octanol–water partition coefficient (Wildman–Crippen LogP) is 0.987. The Bertz CT molecular complexity index is 227. The number of allylic oxidation sites excluding steroid dienone is 3. The Hall–Kier alpha value is -1.09. The molecule has 0 aromatic rings. The van der Waals surface area contributed by atoms with Crippen LogP contribution in [0.5, 0.6) is 0 Å². The third-order valence-electron chi connectivity index (χ3n) is 2.19. The highest BCUT2D eigenvalue weighted by molar-refractivity contribution is 5.87. The average molecular weight is 194 g/mol. The molecule has 0 bridgehead atoms. The molecule has 0 aromatic heterocycles. The van der Waals surface area contributed by atoms with Crippen molar-refractivity contribution in [3.63, 3.8) is 0 Å². The lowest BCUT2D eigenvalue weighted by Crippen LogP contribution is -2.45. The Labute approximate surface area is 85.3 Å². The predicted molar refractivity (Wildman–Crippen MR) is 58.0 cm³/mol. The first kappa shape index (κ1) is 11.0. The van der Waals surface area contributed by atoms with Crippen LogP contribution in [0.4, 0.5) is 0 Å². The Balaban J connectivity index is 2.25. The molecule has 3 heteroatoms. The normalized spacial score (nSPS) is 23.1. The molecular formula is C11H18N2O. The van der Waals surface area contributed by atoms with E-state index in [1.807, 2.05) is 19.1 Å². The van der Waals surface area contributed by atoms with Gasteiger partial charge in [0.25, 0.3) is 0 Å². The standard InChI is InChI=1S/C11H18N2O/c1-2-3-4-7-11(14)13-10-6-5-8-12-9-10/h2-4,7,10,12H,5-6,8-9H2,1H3,(H,13,14)/t10-/m1/s1. The van der Waals surface area contributed by atoms with E-state index in [-0.39, 0.29) is 5.91 Å².